The van der Waals surface area contributed by atoms with Gasteiger partial charge < -0.3 is 5.11 Å². The Bertz CT molecular complexity index is 520. The quantitative estimate of drug-likeness (QED) is 0.803. The molecule has 0 aliphatic rings. The van der Waals surface area contributed by atoms with Crippen molar-refractivity contribution >= 4 is 21.7 Å². The van der Waals surface area contributed by atoms with Gasteiger partial charge in [-0.2, -0.15) is 0 Å². The lowest BCUT2D eigenvalue weighted by Crippen LogP contribution is -2.17. The number of sulfonamides is 1. The van der Waals surface area contributed by atoms with Gasteiger partial charge in [0.25, 0.3) is 0 Å². The minimum atomic E-state index is -3.33. The van der Waals surface area contributed by atoms with Crippen LogP contribution < -0.4 is 4.72 Å². The molecule has 0 fully saturated rings. The molecule has 19 heavy (non-hydrogen) atoms. The van der Waals surface area contributed by atoms with Crippen molar-refractivity contribution in [3.8, 4) is 0 Å². The van der Waals surface area contributed by atoms with Crippen LogP contribution in [0.1, 0.15) is 25.8 Å². The molecular formula is C13H19NO4S. The molecule has 0 amide bonds. The van der Waals surface area contributed by atoms with Crippen LogP contribution in [0.2, 0.25) is 0 Å². The summed E-state index contributed by atoms with van der Waals surface area (Å²) in [7, 11) is -3.33. The van der Waals surface area contributed by atoms with Gasteiger partial charge in [0, 0.05) is 5.69 Å². The Labute approximate surface area is 113 Å². The third-order valence-electron chi connectivity index (χ3n) is 2.55. The molecule has 0 aliphatic carbocycles. The van der Waals surface area contributed by atoms with E-state index in [4.69, 9.17) is 5.11 Å². The van der Waals surface area contributed by atoms with E-state index in [1.165, 1.54) is 0 Å². The van der Waals surface area contributed by atoms with Crippen LogP contribution in [0.5, 0.6) is 0 Å². The molecule has 0 saturated heterocycles. The average Bonchev–Trinajstić information content (AvgIpc) is 2.28. The maximum atomic E-state index is 11.8. The van der Waals surface area contributed by atoms with Crippen LogP contribution in [-0.4, -0.2) is 25.2 Å². The van der Waals surface area contributed by atoms with Gasteiger partial charge in [0.05, 0.1) is 12.2 Å². The number of rotatable bonds is 7. The first-order chi connectivity index (χ1) is 8.78. The second kappa shape index (κ2) is 6.56. The standard InChI is InChI=1S/C13H19NO4S/c1-10(2)7-8-19(17,18)14-12-5-3-11(4-6-12)9-13(15)16/h3-6,10,14H,7-9H2,1-2H3,(H,15,16). The molecule has 5 nitrogen and oxygen atoms in total. The van der Waals surface area contributed by atoms with E-state index in [1.807, 2.05) is 13.8 Å². The van der Waals surface area contributed by atoms with Crippen LogP contribution in [0.25, 0.3) is 0 Å². The molecule has 0 radical (unpaired) electrons. The SMILES string of the molecule is CC(C)CCS(=O)(=O)Nc1ccc(CC(=O)O)cc1. The first-order valence-electron chi connectivity index (χ1n) is 6.10. The van der Waals surface area contributed by atoms with Crippen LogP contribution in [-0.2, 0) is 21.2 Å². The summed E-state index contributed by atoms with van der Waals surface area (Å²) in [6.45, 7) is 3.94. The van der Waals surface area contributed by atoms with Gasteiger partial charge in [-0.3, -0.25) is 9.52 Å². The molecule has 1 aromatic rings. The lowest BCUT2D eigenvalue weighted by Gasteiger charge is -2.09. The first kappa shape index (κ1) is 15.5. The zero-order chi connectivity index (χ0) is 14.5. The predicted molar refractivity (Wildman–Crippen MR) is 74.6 cm³/mol. The average molecular weight is 285 g/mol. The number of aliphatic carboxylic acids is 1. The van der Waals surface area contributed by atoms with Crippen molar-refractivity contribution in [2.24, 2.45) is 5.92 Å². The van der Waals surface area contributed by atoms with Gasteiger partial charge in [0.2, 0.25) is 10.0 Å². The highest BCUT2D eigenvalue weighted by molar-refractivity contribution is 7.92. The molecule has 0 heterocycles. The second-order valence-corrected chi connectivity index (χ2v) is 6.71. The molecule has 0 aromatic heterocycles. The molecule has 0 atom stereocenters. The zero-order valence-corrected chi connectivity index (χ0v) is 11.9. The topological polar surface area (TPSA) is 83.5 Å². The molecule has 0 unspecified atom stereocenters. The minimum absolute atomic E-state index is 0.0691. The van der Waals surface area contributed by atoms with Crippen molar-refractivity contribution in [2.75, 3.05) is 10.5 Å². The smallest absolute Gasteiger partial charge is 0.307 e. The second-order valence-electron chi connectivity index (χ2n) is 4.87. The van der Waals surface area contributed by atoms with Crippen molar-refractivity contribution < 1.29 is 18.3 Å². The summed E-state index contributed by atoms with van der Waals surface area (Å²) < 4.78 is 26.0. The molecular weight excluding hydrogens is 266 g/mol. The summed E-state index contributed by atoms with van der Waals surface area (Å²) in [5.41, 5.74) is 1.09. The van der Waals surface area contributed by atoms with Gasteiger partial charge in [-0.15, -0.1) is 0 Å². The van der Waals surface area contributed by atoms with Crippen molar-refractivity contribution in [1.29, 1.82) is 0 Å². The monoisotopic (exact) mass is 285 g/mol. The number of nitrogens with one attached hydrogen (secondary N) is 1. The van der Waals surface area contributed by atoms with Crippen LogP contribution in [0.4, 0.5) is 5.69 Å². The molecule has 0 bridgehead atoms. The van der Waals surface area contributed by atoms with Crippen molar-refractivity contribution in [3.63, 3.8) is 0 Å². The molecule has 106 valence electrons. The number of anilines is 1. The largest absolute Gasteiger partial charge is 0.481 e. The van der Waals surface area contributed by atoms with Gasteiger partial charge in [0.15, 0.2) is 0 Å². The van der Waals surface area contributed by atoms with Crippen LogP contribution >= 0.6 is 0 Å². The van der Waals surface area contributed by atoms with E-state index in [0.717, 1.165) is 0 Å². The zero-order valence-electron chi connectivity index (χ0n) is 11.1. The van der Waals surface area contributed by atoms with E-state index in [9.17, 15) is 13.2 Å². The lowest BCUT2D eigenvalue weighted by molar-refractivity contribution is -0.136. The number of carboxylic acids is 1. The maximum absolute atomic E-state index is 11.8. The molecule has 1 rings (SSSR count). The Balaban J connectivity index is 2.64. The van der Waals surface area contributed by atoms with E-state index >= 15 is 0 Å². The van der Waals surface area contributed by atoms with E-state index < -0.39 is 16.0 Å². The summed E-state index contributed by atoms with van der Waals surface area (Å²) >= 11 is 0. The number of hydrogen-bond donors (Lipinski definition) is 2. The molecule has 0 saturated carbocycles. The Hall–Kier alpha value is -1.56. The van der Waals surface area contributed by atoms with Gasteiger partial charge in [-0.1, -0.05) is 26.0 Å². The van der Waals surface area contributed by atoms with Crippen LogP contribution in [0, 0.1) is 5.92 Å². The van der Waals surface area contributed by atoms with Gasteiger partial charge in [0.1, 0.15) is 0 Å². The van der Waals surface area contributed by atoms with E-state index in [0.29, 0.717) is 23.6 Å². The van der Waals surface area contributed by atoms with Crippen LogP contribution in [0.15, 0.2) is 24.3 Å². The fourth-order valence-corrected chi connectivity index (χ4v) is 2.87. The Morgan fingerprint density at radius 3 is 2.32 bits per heavy atom. The van der Waals surface area contributed by atoms with Crippen molar-refractivity contribution in [2.45, 2.75) is 26.7 Å². The van der Waals surface area contributed by atoms with E-state index in [1.54, 1.807) is 24.3 Å². The van der Waals surface area contributed by atoms with Gasteiger partial charge in [-0.05, 0) is 30.0 Å². The Morgan fingerprint density at radius 2 is 1.84 bits per heavy atom. The van der Waals surface area contributed by atoms with E-state index in [-0.39, 0.29) is 12.2 Å². The number of hydrogen-bond acceptors (Lipinski definition) is 3. The summed E-state index contributed by atoms with van der Waals surface area (Å²) in [5.74, 6) is -0.499. The summed E-state index contributed by atoms with van der Waals surface area (Å²) in [6.07, 6.45) is 0.535. The molecule has 6 heteroatoms. The number of carbonyl (C=O) groups is 1. The summed E-state index contributed by atoms with van der Waals surface area (Å²) in [5, 5.41) is 8.63. The first-order valence-corrected chi connectivity index (χ1v) is 7.75. The normalized spacial score (nSPS) is 11.5. The highest BCUT2D eigenvalue weighted by atomic mass is 32.2. The molecule has 1 aromatic carbocycles. The Morgan fingerprint density at radius 1 is 1.26 bits per heavy atom. The lowest BCUT2D eigenvalue weighted by atomic mass is 10.1. The van der Waals surface area contributed by atoms with Gasteiger partial charge in [-0.25, -0.2) is 8.42 Å². The summed E-state index contributed by atoms with van der Waals surface area (Å²) in [4.78, 5) is 10.5. The molecule has 0 spiro atoms. The molecule has 0 aliphatic heterocycles. The third-order valence-corrected chi connectivity index (χ3v) is 3.87. The predicted octanol–water partition coefficient (Wildman–Crippen LogP) is 2.10. The van der Waals surface area contributed by atoms with Gasteiger partial charge >= 0.3 is 5.97 Å². The number of carboxylic acid groups (broad SMARTS) is 1. The van der Waals surface area contributed by atoms with Crippen LogP contribution in [0.3, 0.4) is 0 Å². The third kappa shape index (κ3) is 6.24. The summed E-state index contributed by atoms with van der Waals surface area (Å²) in [6, 6.07) is 6.36. The van der Waals surface area contributed by atoms with E-state index in [2.05, 4.69) is 4.72 Å². The van der Waals surface area contributed by atoms with Crippen molar-refractivity contribution in [3.05, 3.63) is 29.8 Å². The highest BCUT2D eigenvalue weighted by Crippen LogP contribution is 2.13. The Kier molecular flexibility index (Phi) is 5.35. The number of benzene rings is 1. The highest BCUT2D eigenvalue weighted by Gasteiger charge is 2.11. The minimum Gasteiger partial charge on any atom is -0.481 e. The fourth-order valence-electron chi connectivity index (χ4n) is 1.49. The molecule has 2 N–H and O–H groups in total. The maximum Gasteiger partial charge on any atom is 0.307 e. The van der Waals surface area contributed by atoms with Crippen molar-refractivity contribution in [1.82, 2.24) is 0 Å². The fraction of sp³-hybridized carbons (Fsp3) is 0.462.